The van der Waals surface area contributed by atoms with Crippen LogP contribution in [0.25, 0.3) is 22.2 Å². The first-order valence-electron chi connectivity index (χ1n) is 12.2. The van der Waals surface area contributed by atoms with Gasteiger partial charge in [-0.3, -0.25) is 9.03 Å². The van der Waals surface area contributed by atoms with Crippen LogP contribution in [-0.4, -0.2) is 34.1 Å². The van der Waals surface area contributed by atoms with Crippen molar-refractivity contribution >= 4 is 42.3 Å². The van der Waals surface area contributed by atoms with E-state index in [1.54, 1.807) is 31.2 Å². The smallest absolute Gasteiger partial charge is 0.262 e. The molecule has 2 heterocycles. The van der Waals surface area contributed by atoms with Crippen molar-refractivity contribution in [1.82, 2.24) is 4.98 Å². The molecule has 4 aromatic rings. The van der Waals surface area contributed by atoms with Crippen LogP contribution in [0.15, 0.2) is 77.7 Å². The standard InChI is InChI=1S/C28H29N3O4S2/c1-20-10-12-23(19-25(20)27-14-11-22-8-4-5-9-26(22)29-27)30-37(34,35)28-15-13-24(18-21(28)2)31-16-6-3-7-17-36(31,32)33/h4-5,8-15,18-19,30H,3,6-7,16-17H2,1-2H3. The normalized spacial score (nSPS) is 15.9. The number of sulfonamides is 2. The highest BCUT2D eigenvalue weighted by Gasteiger charge is 2.26. The average molecular weight is 536 g/mol. The Bertz CT molecular complexity index is 1700. The number of benzene rings is 3. The number of hydrogen-bond acceptors (Lipinski definition) is 5. The average Bonchev–Trinajstić information content (AvgIpc) is 3.04. The van der Waals surface area contributed by atoms with Crippen LogP contribution in [0.2, 0.25) is 0 Å². The van der Waals surface area contributed by atoms with E-state index in [2.05, 4.69) is 4.72 Å². The zero-order valence-electron chi connectivity index (χ0n) is 20.8. The third-order valence-corrected chi connectivity index (χ3v) is 10.1. The van der Waals surface area contributed by atoms with Crippen molar-refractivity contribution < 1.29 is 16.8 Å². The predicted molar refractivity (Wildman–Crippen MR) is 149 cm³/mol. The monoisotopic (exact) mass is 535 g/mol. The molecule has 9 heteroatoms. The Morgan fingerprint density at radius 3 is 2.49 bits per heavy atom. The second-order valence-corrected chi connectivity index (χ2v) is 13.1. The topological polar surface area (TPSA) is 96.4 Å². The van der Waals surface area contributed by atoms with Gasteiger partial charge in [0.2, 0.25) is 10.0 Å². The van der Waals surface area contributed by atoms with Crippen molar-refractivity contribution in [3.8, 4) is 11.3 Å². The van der Waals surface area contributed by atoms with E-state index in [0.717, 1.165) is 40.6 Å². The number of para-hydroxylation sites is 1. The number of fused-ring (bicyclic) bond motifs is 1. The molecule has 0 aliphatic carbocycles. The third-order valence-electron chi connectivity index (χ3n) is 6.70. The summed E-state index contributed by atoms with van der Waals surface area (Å²) in [4.78, 5) is 4.86. The SMILES string of the molecule is Cc1ccc(NS(=O)(=O)c2ccc(N3CCCCCS3(=O)=O)cc2C)cc1-c1ccc2ccccc2n1. The molecular weight excluding hydrogens is 506 g/mol. The summed E-state index contributed by atoms with van der Waals surface area (Å²) < 4.78 is 56.1. The van der Waals surface area contributed by atoms with E-state index < -0.39 is 20.0 Å². The third kappa shape index (κ3) is 5.19. The minimum absolute atomic E-state index is 0.106. The molecule has 0 bridgehead atoms. The zero-order valence-corrected chi connectivity index (χ0v) is 22.4. The minimum Gasteiger partial charge on any atom is -0.280 e. The van der Waals surface area contributed by atoms with Gasteiger partial charge in [-0.15, -0.1) is 0 Å². The van der Waals surface area contributed by atoms with E-state index in [9.17, 15) is 16.8 Å². The number of nitrogens with zero attached hydrogens (tertiary/aromatic N) is 2. The molecule has 0 saturated carbocycles. The van der Waals surface area contributed by atoms with Crippen LogP contribution >= 0.6 is 0 Å². The van der Waals surface area contributed by atoms with E-state index in [0.29, 0.717) is 29.9 Å². The molecule has 3 aromatic carbocycles. The fraction of sp³-hybridized carbons (Fsp3) is 0.250. The van der Waals surface area contributed by atoms with Gasteiger partial charge in [0.25, 0.3) is 10.0 Å². The molecule has 7 nitrogen and oxygen atoms in total. The zero-order chi connectivity index (χ0) is 26.2. The predicted octanol–water partition coefficient (Wildman–Crippen LogP) is 5.64. The van der Waals surface area contributed by atoms with Gasteiger partial charge in [-0.2, -0.15) is 0 Å². The van der Waals surface area contributed by atoms with Crippen molar-refractivity contribution in [2.24, 2.45) is 0 Å². The number of anilines is 2. The lowest BCUT2D eigenvalue weighted by Crippen LogP contribution is -2.32. The van der Waals surface area contributed by atoms with Gasteiger partial charge in [0, 0.05) is 23.2 Å². The fourth-order valence-electron chi connectivity index (χ4n) is 4.73. The van der Waals surface area contributed by atoms with Gasteiger partial charge in [-0.1, -0.05) is 36.8 Å². The number of aromatic nitrogens is 1. The first-order valence-corrected chi connectivity index (χ1v) is 15.3. The maximum Gasteiger partial charge on any atom is 0.262 e. The van der Waals surface area contributed by atoms with Gasteiger partial charge in [-0.25, -0.2) is 21.8 Å². The molecule has 0 amide bonds. The molecule has 1 fully saturated rings. The van der Waals surface area contributed by atoms with Crippen molar-refractivity contribution in [2.75, 3.05) is 21.3 Å². The van der Waals surface area contributed by atoms with Gasteiger partial charge in [0.05, 0.1) is 27.5 Å². The summed E-state index contributed by atoms with van der Waals surface area (Å²) in [7, 11) is -7.33. The quantitative estimate of drug-likeness (QED) is 0.357. The van der Waals surface area contributed by atoms with Crippen LogP contribution < -0.4 is 9.03 Å². The molecular formula is C28H29N3O4S2. The molecule has 0 radical (unpaired) electrons. The molecule has 1 aliphatic heterocycles. The molecule has 5 rings (SSSR count). The van der Waals surface area contributed by atoms with E-state index in [1.807, 2.05) is 49.4 Å². The second kappa shape index (κ2) is 9.79. The van der Waals surface area contributed by atoms with Crippen LogP contribution in [-0.2, 0) is 20.0 Å². The lowest BCUT2D eigenvalue weighted by Gasteiger charge is -2.23. The Labute approximate surface area is 218 Å². The summed E-state index contributed by atoms with van der Waals surface area (Å²) in [6, 6.07) is 21.9. The van der Waals surface area contributed by atoms with Crippen LogP contribution in [0, 0.1) is 13.8 Å². The highest BCUT2D eigenvalue weighted by Crippen LogP contribution is 2.30. The molecule has 0 atom stereocenters. The lowest BCUT2D eigenvalue weighted by atomic mass is 10.0. The Hall–Kier alpha value is -3.43. The number of rotatable bonds is 5. The van der Waals surface area contributed by atoms with Crippen molar-refractivity contribution in [3.63, 3.8) is 0 Å². The maximum absolute atomic E-state index is 13.3. The molecule has 192 valence electrons. The highest BCUT2D eigenvalue weighted by molar-refractivity contribution is 7.93. The molecule has 0 unspecified atom stereocenters. The Balaban J connectivity index is 1.44. The van der Waals surface area contributed by atoms with E-state index in [-0.39, 0.29) is 10.6 Å². The van der Waals surface area contributed by atoms with Crippen LogP contribution in [0.3, 0.4) is 0 Å². The van der Waals surface area contributed by atoms with Gasteiger partial charge < -0.3 is 0 Å². The van der Waals surface area contributed by atoms with Gasteiger partial charge in [0.15, 0.2) is 0 Å². The van der Waals surface area contributed by atoms with E-state index in [4.69, 9.17) is 4.98 Å². The van der Waals surface area contributed by atoms with E-state index in [1.165, 1.54) is 10.4 Å². The van der Waals surface area contributed by atoms with Gasteiger partial charge >= 0.3 is 0 Å². The van der Waals surface area contributed by atoms with Gasteiger partial charge in [0.1, 0.15) is 0 Å². The van der Waals surface area contributed by atoms with Crippen LogP contribution in [0.5, 0.6) is 0 Å². The fourth-order valence-corrected chi connectivity index (χ4v) is 7.64. The first-order chi connectivity index (χ1) is 17.6. The Morgan fingerprint density at radius 2 is 1.68 bits per heavy atom. The number of nitrogens with one attached hydrogen (secondary N) is 1. The lowest BCUT2D eigenvalue weighted by molar-refractivity contribution is 0.592. The number of hydrogen-bond donors (Lipinski definition) is 1. The van der Waals surface area contributed by atoms with Crippen molar-refractivity contribution in [1.29, 1.82) is 0 Å². The molecule has 1 aromatic heterocycles. The minimum atomic E-state index is -3.91. The largest absolute Gasteiger partial charge is 0.280 e. The molecule has 1 N–H and O–H groups in total. The maximum atomic E-state index is 13.3. The molecule has 0 spiro atoms. The van der Waals surface area contributed by atoms with Crippen LogP contribution in [0.1, 0.15) is 30.4 Å². The first kappa shape index (κ1) is 25.2. The summed E-state index contributed by atoms with van der Waals surface area (Å²) in [5.74, 6) is 0.107. The van der Waals surface area contributed by atoms with Crippen molar-refractivity contribution in [2.45, 2.75) is 38.0 Å². The summed E-state index contributed by atoms with van der Waals surface area (Å²) in [5.41, 5.74) is 4.85. The Morgan fingerprint density at radius 1 is 0.865 bits per heavy atom. The van der Waals surface area contributed by atoms with Crippen molar-refractivity contribution in [3.05, 3.63) is 83.9 Å². The summed E-state index contributed by atoms with van der Waals surface area (Å²) in [6.07, 6.45) is 2.28. The molecule has 1 aliphatic rings. The summed E-state index contributed by atoms with van der Waals surface area (Å²) in [6.45, 7) is 4.05. The van der Waals surface area contributed by atoms with Gasteiger partial charge in [-0.05, 0) is 80.3 Å². The molecule has 37 heavy (non-hydrogen) atoms. The summed E-state index contributed by atoms with van der Waals surface area (Å²) >= 11 is 0. The Kier molecular flexibility index (Phi) is 6.68. The molecule has 1 saturated heterocycles. The summed E-state index contributed by atoms with van der Waals surface area (Å²) in [5, 5.41) is 1.03. The highest BCUT2D eigenvalue weighted by atomic mass is 32.2. The van der Waals surface area contributed by atoms with E-state index >= 15 is 0 Å². The number of pyridine rings is 1. The number of aryl methyl sites for hydroxylation is 2. The van der Waals surface area contributed by atoms with Crippen LogP contribution in [0.4, 0.5) is 11.4 Å². The second-order valence-electron chi connectivity index (χ2n) is 9.42.